The summed E-state index contributed by atoms with van der Waals surface area (Å²) >= 11 is 0. The zero-order chi connectivity index (χ0) is 20.2. The van der Waals surface area contributed by atoms with Gasteiger partial charge in [-0.15, -0.1) is 0 Å². The van der Waals surface area contributed by atoms with Gasteiger partial charge in [-0.1, -0.05) is 0 Å². The highest BCUT2D eigenvalue weighted by atomic mass is 16.5. The van der Waals surface area contributed by atoms with E-state index in [2.05, 4.69) is 44.6 Å². The van der Waals surface area contributed by atoms with Crippen LogP contribution in [0.2, 0.25) is 0 Å². The molecule has 0 aliphatic carbocycles. The van der Waals surface area contributed by atoms with E-state index >= 15 is 0 Å². The molecule has 3 aromatic heterocycles. The minimum atomic E-state index is 0.268. The second-order valence-corrected chi connectivity index (χ2v) is 8.52. The van der Waals surface area contributed by atoms with E-state index in [9.17, 15) is 0 Å². The Labute approximate surface area is 175 Å². The van der Waals surface area contributed by atoms with Crippen LogP contribution < -0.4 is 4.90 Å². The van der Waals surface area contributed by atoms with Gasteiger partial charge in [-0.25, -0.2) is 4.98 Å². The van der Waals surface area contributed by atoms with Gasteiger partial charge in [-0.05, 0) is 26.0 Å². The van der Waals surface area contributed by atoms with E-state index in [1.807, 2.05) is 12.3 Å². The third-order valence-corrected chi connectivity index (χ3v) is 6.72. The van der Waals surface area contributed by atoms with Gasteiger partial charge in [-0.2, -0.15) is 10.2 Å². The Bertz CT molecular complexity index is 1060. The normalized spacial score (nSPS) is 25.5. The molecule has 1 unspecified atom stereocenters. The van der Waals surface area contributed by atoms with E-state index in [1.54, 1.807) is 0 Å². The molecule has 0 saturated carbocycles. The Morgan fingerprint density at radius 3 is 2.73 bits per heavy atom. The molecule has 2 saturated heterocycles. The lowest BCUT2D eigenvalue weighted by molar-refractivity contribution is -0.0779. The molecule has 0 spiro atoms. The van der Waals surface area contributed by atoms with Crippen LogP contribution in [0.15, 0.2) is 18.3 Å². The summed E-state index contributed by atoms with van der Waals surface area (Å²) in [5, 5.41) is 12.3. The van der Waals surface area contributed by atoms with Crippen LogP contribution in [0.4, 0.5) is 5.82 Å². The predicted octanol–water partition coefficient (Wildman–Crippen LogP) is 1.82. The Kier molecular flexibility index (Phi) is 4.29. The highest BCUT2D eigenvalue weighted by Gasteiger charge is 2.35. The van der Waals surface area contributed by atoms with E-state index in [4.69, 9.17) is 19.6 Å². The number of aromatic amines is 1. The highest BCUT2D eigenvalue weighted by Crippen LogP contribution is 2.38. The van der Waals surface area contributed by atoms with Crippen molar-refractivity contribution in [3.63, 3.8) is 0 Å². The summed E-state index contributed by atoms with van der Waals surface area (Å²) < 4.78 is 13.3. The number of ether oxygens (including phenoxy) is 2. The van der Waals surface area contributed by atoms with Crippen molar-refractivity contribution in [1.82, 2.24) is 29.9 Å². The SMILES string of the molecule is CC1c2cc(N3CCOC[C@H]3C)nc3c(-c4cc[nH]n4)nn(c23)CCN1C1COC1. The zero-order valence-corrected chi connectivity index (χ0v) is 17.4. The first-order chi connectivity index (χ1) is 14.7. The summed E-state index contributed by atoms with van der Waals surface area (Å²) in [7, 11) is 0. The van der Waals surface area contributed by atoms with Crippen LogP contribution in [0, 0.1) is 0 Å². The van der Waals surface area contributed by atoms with Crippen LogP contribution in [-0.2, 0) is 16.0 Å². The molecule has 2 atom stereocenters. The number of hydrogen-bond donors (Lipinski definition) is 1. The summed E-state index contributed by atoms with van der Waals surface area (Å²) in [6.07, 6.45) is 1.84. The molecule has 1 N–H and O–H groups in total. The average molecular weight is 409 g/mol. The van der Waals surface area contributed by atoms with Gasteiger partial charge in [0.15, 0.2) is 0 Å². The van der Waals surface area contributed by atoms with E-state index in [0.717, 1.165) is 74.3 Å². The van der Waals surface area contributed by atoms with Crippen LogP contribution in [0.5, 0.6) is 0 Å². The van der Waals surface area contributed by atoms with Crippen molar-refractivity contribution in [2.45, 2.75) is 38.5 Å². The molecule has 158 valence electrons. The van der Waals surface area contributed by atoms with E-state index in [-0.39, 0.29) is 12.1 Å². The Hall–Kier alpha value is -2.49. The van der Waals surface area contributed by atoms with E-state index in [0.29, 0.717) is 6.04 Å². The Morgan fingerprint density at radius 1 is 1.10 bits per heavy atom. The molecule has 0 radical (unpaired) electrons. The molecule has 2 fully saturated rings. The lowest BCUT2D eigenvalue weighted by Crippen LogP contribution is -2.50. The number of pyridine rings is 1. The molecule has 3 aromatic rings. The lowest BCUT2D eigenvalue weighted by atomic mass is 10.0. The van der Waals surface area contributed by atoms with Gasteiger partial charge in [0, 0.05) is 30.9 Å². The van der Waals surface area contributed by atoms with Gasteiger partial charge < -0.3 is 14.4 Å². The van der Waals surface area contributed by atoms with Crippen molar-refractivity contribution >= 4 is 16.9 Å². The maximum Gasteiger partial charge on any atom is 0.139 e. The molecular formula is C21H27N7O2. The molecule has 9 heteroatoms. The molecule has 9 nitrogen and oxygen atoms in total. The lowest BCUT2D eigenvalue weighted by Gasteiger charge is -2.40. The minimum Gasteiger partial charge on any atom is -0.378 e. The van der Waals surface area contributed by atoms with Crippen molar-refractivity contribution in [1.29, 1.82) is 0 Å². The van der Waals surface area contributed by atoms with Crippen LogP contribution in [-0.4, -0.2) is 81.5 Å². The number of nitrogens with zero attached hydrogens (tertiary/aromatic N) is 6. The summed E-state index contributed by atoms with van der Waals surface area (Å²) in [6.45, 7) is 10.2. The summed E-state index contributed by atoms with van der Waals surface area (Å²) in [4.78, 5) is 10.1. The minimum absolute atomic E-state index is 0.268. The molecular weight excluding hydrogens is 382 g/mol. The van der Waals surface area contributed by atoms with Crippen molar-refractivity contribution in [3.05, 3.63) is 23.9 Å². The largest absolute Gasteiger partial charge is 0.378 e. The standard InChI is InChI=1S/C21H27N7O2/c1-13-10-29-8-7-26(13)18-9-16-14(2)27(15-11-30-12-15)5-6-28-21(16)20(23-18)19(25-28)17-3-4-22-24-17/h3-4,9,13-15H,5-8,10-12H2,1-2H3,(H,22,24)/t13-,14?/m1/s1. The maximum absolute atomic E-state index is 5.67. The fraction of sp³-hybridized carbons (Fsp3) is 0.571. The Balaban J connectivity index is 1.55. The summed E-state index contributed by atoms with van der Waals surface area (Å²) in [5.74, 6) is 1.00. The molecule has 3 aliphatic rings. The zero-order valence-electron chi connectivity index (χ0n) is 17.4. The second kappa shape index (κ2) is 7.04. The monoisotopic (exact) mass is 409 g/mol. The van der Waals surface area contributed by atoms with Crippen LogP contribution in [0.3, 0.4) is 0 Å². The predicted molar refractivity (Wildman–Crippen MR) is 112 cm³/mol. The molecule has 0 aromatic carbocycles. The summed E-state index contributed by atoms with van der Waals surface area (Å²) in [6, 6.07) is 5.27. The van der Waals surface area contributed by atoms with E-state index in [1.165, 1.54) is 5.56 Å². The topological polar surface area (TPSA) is 84.3 Å². The third-order valence-electron chi connectivity index (χ3n) is 6.72. The number of H-pyrrole nitrogens is 1. The average Bonchev–Trinajstić information content (AvgIpc) is 3.34. The first kappa shape index (κ1) is 18.3. The van der Waals surface area contributed by atoms with Crippen LogP contribution >= 0.6 is 0 Å². The number of hydrogen-bond acceptors (Lipinski definition) is 7. The summed E-state index contributed by atoms with van der Waals surface area (Å²) in [5.41, 5.74) is 5.04. The molecule has 0 bridgehead atoms. The molecule has 6 heterocycles. The van der Waals surface area contributed by atoms with Crippen LogP contribution in [0.1, 0.15) is 25.5 Å². The van der Waals surface area contributed by atoms with Crippen molar-refractivity contribution in [3.8, 4) is 11.4 Å². The molecule has 6 rings (SSSR count). The number of morpholine rings is 1. The van der Waals surface area contributed by atoms with Gasteiger partial charge in [0.1, 0.15) is 22.7 Å². The smallest absolute Gasteiger partial charge is 0.139 e. The molecule has 3 aliphatic heterocycles. The van der Waals surface area contributed by atoms with Crippen molar-refractivity contribution in [2.24, 2.45) is 0 Å². The quantitative estimate of drug-likeness (QED) is 0.706. The number of aromatic nitrogens is 5. The first-order valence-corrected chi connectivity index (χ1v) is 10.8. The number of anilines is 1. The molecule has 30 heavy (non-hydrogen) atoms. The first-order valence-electron chi connectivity index (χ1n) is 10.8. The van der Waals surface area contributed by atoms with Gasteiger partial charge in [0.25, 0.3) is 0 Å². The maximum atomic E-state index is 5.67. The Morgan fingerprint density at radius 2 is 2.00 bits per heavy atom. The third kappa shape index (κ3) is 2.76. The van der Waals surface area contributed by atoms with Gasteiger partial charge in [-0.3, -0.25) is 14.7 Å². The highest BCUT2D eigenvalue weighted by molar-refractivity contribution is 5.92. The van der Waals surface area contributed by atoms with Crippen LogP contribution in [0.25, 0.3) is 22.4 Å². The number of nitrogens with one attached hydrogen (secondary N) is 1. The van der Waals surface area contributed by atoms with Crippen molar-refractivity contribution < 1.29 is 9.47 Å². The van der Waals surface area contributed by atoms with Gasteiger partial charge in [0.05, 0.1) is 50.6 Å². The molecule has 0 amide bonds. The second-order valence-electron chi connectivity index (χ2n) is 8.52. The van der Waals surface area contributed by atoms with Crippen molar-refractivity contribution in [2.75, 3.05) is 44.4 Å². The van der Waals surface area contributed by atoms with E-state index < -0.39 is 0 Å². The fourth-order valence-corrected chi connectivity index (χ4v) is 4.95. The van der Waals surface area contributed by atoms with Gasteiger partial charge >= 0.3 is 0 Å². The van der Waals surface area contributed by atoms with Gasteiger partial charge in [0.2, 0.25) is 0 Å². The fourth-order valence-electron chi connectivity index (χ4n) is 4.95. The number of rotatable bonds is 3.